The molecule has 0 atom stereocenters. The number of rotatable bonds is 8. The van der Waals surface area contributed by atoms with E-state index in [-0.39, 0.29) is 0 Å². The van der Waals surface area contributed by atoms with E-state index in [0.29, 0.717) is 0 Å². The first-order valence-electron chi connectivity index (χ1n) is 17.2. The summed E-state index contributed by atoms with van der Waals surface area (Å²) in [5.74, 6) is 0. The standard InChI is InChI=1S/C49H36N2/c1-34(35-16-6-3-7-17-35)26-27-47(50-2)42-29-39(28-41(30-42)46-31-38-22-12-13-23-43(38)44-24-14-15-25-45(44)46)40-32-48(36-18-8-4-9-19-36)51-49(33-40)37-20-10-5-11-21-37/h3-33H,2H2,1H3/b34-26+,47-27-. The normalized spacial score (nSPS) is 11.9. The molecule has 2 heteroatoms. The topological polar surface area (TPSA) is 25.2 Å². The van der Waals surface area contributed by atoms with Gasteiger partial charge in [-0.25, -0.2) is 4.98 Å². The first-order chi connectivity index (χ1) is 25.1. The fourth-order valence-electron chi connectivity index (χ4n) is 6.84. The van der Waals surface area contributed by atoms with Gasteiger partial charge in [0.25, 0.3) is 0 Å². The average Bonchev–Trinajstić information content (AvgIpc) is 3.21. The number of fused-ring (bicyclic) bond motifs is 3. The second-order valence-corrected chi connectivity index (χ2v) is 12.8. The molecule has 0 unspecified atom stereocenters. The zero-order chi connectivity index (χ0) is 34.6. The maximum Gasteiger partial charge on any atom is 0.0715 e. The van der Waals surface area contributed by atoms with E-state index in [1.807, 2.05) is 18.2 Å². The van der Waals surface area contributed by atoms with Crippen LogP contribution in [0.1, 0.15) is 18.1 Å². The predicted molar refractivity (Wildman–Crippen MR) is 219 cm³/mol. The van der Waals surface area contributed by atoms with Crippen molar-refractivity contribution in [2.75, 3.05) is 0 Å². The number of allylic oxidation sites excluding steroid dienone is 3. The monoisotopic (exact) mass is 652 g/mol. The van der Waals surface area contributed by atoms with Crippen LogP contribution in [0.25, 0.3) is 77.6 Å². The van der Waals surface area contributed by atoms with Gasteiger partial charge < -0.3 is 0 Å². The molecule has 1 aromatic heterocycles. The molecule has 0 saturated heterocycles. The lowest BCUT2D eigenvalue weighted by molar-refractivity contribution is 1.32. The SMILES string of the molecule is C=N/C(=C\C=C(/C)c1ccccc1)c1cc(-c2cc(-c3ccccc3)nc(-c3ccccc3)c2)cc(-c2cc3ccccc3c3ccccc23)c1. The van der Waals surface area contributed by atoms with E-state index >= 15 is 0 Å². The van der Waals surface area contributed by atoms with Crippen LogP contribution in [-0.4, -0.2) is 11.7 Å². The van der Waals surface area contributed by atoms with Crippen molar-refractivity contribution in [1.29, 1.82) is 0 Å². The summed E-state index contributed by atoms with van der Waals surface area (Å²) in [7, 11) is 0. The quantitative estimate of drug-likeness (QED) is 0.0911. The van der Waals surface area contributed by atoms with Gasteiger partial charge in [0.15, 0.2) is 0 Å². The van der Waals surface area contributed by atoms with Gasteiger partial charge in [0.2, 0.25) is 0 Å². The Morgan fingerprint density at radius 3 is 1.65 bits per heavy atom. The van der Waals surface area contributed by atoms with Gasteiger partial charge in [-0.3, -0.25) is 4.99 Å². The molecule has 1 heterocycles. The smallest absolute Gasteiger partial charge is 0.0715 e. The highest BCUT2D eigenvalue weighted by atomic mass is 14.7. The van der Waals surface area contributed by atoms with Crippen LogP contribution < -0.4 is 0 Å². The fraction of sp³-hybridized carbons (Fsp3) is 0.0204. The van der Waals surface area contributed by atoms with E-state index in [0.717, 1.165) is 56.0 Å². The Balaban J connectivity index is 1.38. The molecule has 2 nitrogen and oxygen atoms in total. The van der Waals surface area contributed by atoms with Crippen molar-refractivity contribution in [3.8, 4) is 44.8 Å². The van der Waals surface area contributed by atoms with Crippen LogP contribution in [0.2, 0.25) is 0 Å². The summed E-state index contributed by atoms with van der Waals surface area (Å²) < 4.78 is 0. The largest absolute Gasteiger partial charge is 0.264 e. The minimum absolute atomic E-state index is 0.805. The highest BCUT2D eigenvalue weighted by Crippen LogP contribution is 2.39. The first-order valence-corrected chi connectivity index (χ1v) is 17.2. The number of aliphatic imine (C=N–C) groups is 1. The maximum absolute atomic E-state index is 5.16. The van der Waals surface area contributed by atoms with E-state index in [9.17, 15) is 0 Å². The van der Waals surface area contributed by atoms with Gasteiger partial charge in [0.1, 0.15) is 0 Å². The second-order valence-electron chi connectivity index (χ2n) is 12.8. The highest BCUT2D eigenvalue weighted by molar-refractivity contribution is 6.14. The molecule has 0 fully saturated rings. The molecule has 7 aromatic carbocycles. The Morgan fingerprint density at radius 2 is 1.00 bits per heavy atom. The van der Waals surface area contributed by atoms with Crippen LogP contribution in [0, 0.1) is 0 Å². The summed E-state index contributed by atoms with van der Waals surface area (Å²) >= 11 is 0. The van der Waals surface area contributed by atoms with Crippen molar-refractivity contribution in [1.82, 2.24) is 4.98 Å². The molecule has 0 bridgehead atoms. The predicted octanol–water partition coefficient (Wildman–Crippen LogP) is 13.2. The minimum Gasteiger partial charge on any atom is -0.264 e. The van der Waals surface area contributed by atoms with Gasteiger partial charge in [0, 0.05) is 16.7 Å². The number of nitrogens with zero attached hydrogens (tertiary/aromatic N) is 2. The average molecular weight is 653 g/mol. The molecular weight excluding hydrogens is 617 g/mol. The summed E-state index contributed by atoms with van der Waals surface area (Å²) in [6, 6.07) is 62.1. The highest BCUT2D eigenvalue weighted by Gasteiger charge is 2.15. The Labute approximate surface area is 299 Å². The van der Waals surface area contributed by atoms with Crippen molar-refractivity contribution < 1.29 is 0 Å². The van der Waals surface area contributed by atoms with E-state index in [1.54, 1.807) is 0 Å². The number of hydrogen-bond acceptors (Lipinski definition) is 2. The van der Waals surface area contributed by atoms with Gasteiger partial charge >= 0.3 is 0 Å². The Hall–Kier alpha value is -6.64. The first kappa shape index (κ1) is 31.6. The summed E-state index contributed by atoms with van der Waals surface area (Å²) in [6.07, 6.45) is 4.21. The van der Waals surface area contributed by atoms with Crippen LogP contribution in [0.15, 0.2) is 193 Å². The third-order valence-corrected chi connectivity index (χ3v) is 9.50. The van der Waals surface area contributed by atoms with E-state index in [2.05, 4.69) is 189 Å². The van der Waals surface area contributed by atoms with E-state index in [1.165, 1.54) is 32.7 Å². The Bertz CT molecular complexity index is 2520. The van der Waals surface area contributed by atoms with Gasteiger partial charge in [-0.05, 0) is 111 Å². The molecular formula is C49H36N2. The molecule has 242 valence electrons. The molecule has 0 aliphatic heterocycles. The zero-order valence-electron chi connectivity index (χ0n) is 28.5. The minimum atomic E-state index is 0.805. The number of benzene rings is 7. The van der Waals surface area contributed by atoms with Crippen LogP contribution in [0.4, 0.5) is 0 Å². The van der Waals surface area contributed by atoms with Gasteiger partial charge in [-0.1, -0.05) is 146 Å². The van der Waals surface area contributed by atoms with Crippen LogP contribution in [0.3, 0.4) is 0 Å². The van der Waals surface area contributed by atoms with Crippen molar-refractivity contribution >= 4 is 39.5 Å². The Kier molecular flexibility index (Phi) is 8.72. The van der Waals surface area contributed by atoms with Crippen molar-refractivity contribution in [3.63, 3.8) is 0 Å². The van der Waals surface area contributed by atoms with Gasteiger partial charge in [-0.15, -0.1) is 0 Å². The lowest BCUT2D eigenvalue weighted by Crippen LogP contribution is -1.93. The molecule has 0 saturated carbocycles. The molecule has 0 aliphatic carbocycles. The summed E-state index contributed by atoms with van der Waals surface area (Å²) in [5, 5.41) is 4.90. The summed E-state index contributed by atoms with van der Waals surface area (Å²) in [5.41, 5.74) is 12.6. The lowest BCUT2D eigenvalue weighted by atomic mass is 9.89. The molecule has 51 heavy (non-hydrogen) atoms. The summed E-state index contributed by atoms with van der Waals surface area (Å²) in [6.45, 7) is 6.16. The third-order valence-electron chi connectivity index (χ3n) is 9.50. The molecule has 0 aliphatic rings. The van der Waals surface area contributed by atoms with Crippen LogP contribution in [0.5, 0.6) is 0 Å². The molecule has 0 spiro atoms. The summed E-state index contributed by atoms with van der Waals surface area (Å²) in [4.78, 5) is 9.75. The molecule has 8 rings (SSSR count). The van der Waals surface area contributed by atoms with Crippen molar-refractivity contribution in [3.05, 3.63) is 199 Å². The second kappa shape index (κ2) is 14.1. The molecule has 0 radical (unpaired) electrons. The van der Waals surface area contributed by atoms with Crippen molar-refractivity contribution in [2.45, 2.75) is 6.92 Å². The van der Waals surface area contributed by atoms with E-state index < -0.39 is 0 Å². The van der Waals surface area contributed by atoms with E-state index in [4.69, 9.17) is 4.98 Å². The third kappa shape index (κ3) is 6.56. The zero-order valence-corrected chi connectivity index (χ0v) is 28.5. The van der Waals surface area contributed by atoms with Gasteiger partial charge in [-0.2, -0.15) is 0 Å². The number of hydrogen-bond donors (Lipinski definition) is 0. The molecule has 8 aromatic rings. The van der Waals surface area contributed by atoms with Crippen molar-refractivity contribution in [2.24, 2.45) is 4.99 Å². The lowest BCUT2D eigenvalue weighted by Gasteiger charge is -2.16. The van der Waals surface area contributed by atoms with Gasteiger partial charge in [0.05, 0.1) is 17.1 Å². The molecule has 0 N–H and O–H groups in total. The number of pyridine rings is 1. The Morgan fingerprint density at radius 1 is 0.471 bits per heavy atom. The fourth-order valence-corrected chi connectivity index (χ4v) is 6.84. The number of aromatic nitrogens is 1. The van der Waals surface area contributed by atoms with Crippen LogP contribution in [-0.2, 0) is 0 Å². The maximum atomic E-state index is 5.16. The van der Waals surface area contributed by atoms with Crippen LogP contribution >= 0.6 is 0 Å². The molecule has 0 amide bonds.